The van der Waals surface area contributed by atoms with Gasteiger partial charge in [0.2, 0.25) is 11.8 Å². The van der Waals surface area contributed by atoms with Crippen molar-refractivity contribution in [3.63, 3.8) is 0 Å². The van der Waals surface area contributed by atoms with Crippen LogP contribution in [0.3, 0.4) is 0 Å². The number of aliphatic hydroxyl groups is 1. The zero-order valence-electron chi connectivity index (χ0n) is 25.5. The Labute approximate surface area is 264 Å². The van der Waals surface area contributed by atoms with Crippen molar-refractivity contribution in [2.45, 2.75) is 55.6 Å². The van der Waals surface area contributed by atoms with Gasteiger partial charge in [0.25, 0.3) is 0 Å². The fraction of sp³-hybridized carbons (Fsp3) is 0.438. The van der Waals surface area contributed by atoms with Crippen LogP contribution in [0.5, 0.6) is 5.75 Å². The fourth-order valence-electron chi connectivity index (χ4n) is 6.17. The van der Waals surface area contributed by atoms with Crippen molar-refractivity contribution in [3.05, 3.63) is 59.7 Å². The molecule has 14 nitrogen and oxygen atoms in total. The number of carboxylic acid groups (broad SMARTS) is 3. The Kier molecular flexibility index (Phi) is 10.1. The topological polar surface area (TPSA) is 202 Å². The molecule has 1 spiro atoms. The molecule has 0 saturated carbocycles. The molecule has 2 amide bonds. The van der Waals surface area contributed by atoms with Gasteiger partial charge in [-0.3, -0.25) is 28.9 Å². The highest BCUT2D eigenvalue weighted by Crippen LogP contribution is 2.46. The molecule has 0 aromatic heterocycles. The van der Waals surface area contributed by atoms with E-state index in [4.69, 9.17) is 25.2 Å². The van der Waals surface area contributed by atoms with Crippen molar-refractivity contribution in [1.82, 2.24) is 9.80 Å². The Bertz CT molecular complexity index is 1510. The van der Waals surface area contributed by atoms with E-state index in [9.17, 15) is 28.8 Å². The molecule has 0 aliphatic carbocycles. The van der Waals surface area contributed by atoms with Crippen molar-refractivity contribution < 1.29 is 53.9 Å². The SMILES string of the molecule is CN(C)C(=O)[C@@H]1Cc2ccccc2N1C(=O)CCN1CCC2(CC1)C(=O)Oc1ccccc12.O=C(O)CC(O)(CC(=O)O)C(=O)O. The van der Waals surface area contributed by atoms with E-state index in [1.54, 1.807) is 23.9 Å². The van der Waals surface area contributed by atoms with Crippen LogP contribution in [0.1, 0.15) is 43.2 Å². The summed E-state index contributed by atoms with van der Waals surface area (Å²) in [7, 11) is 3.45. The summed E-state index contributed by atoms with van der Waals surface area (Å²) < 4.78 is 5.53. The molecule has 3 aliphatic heterocycles. The van der Waals surface area contributed by atoms with Crippen molar-refractivity contribution in [3.8, 4) is 5.75 Å². The van der Waals surface area contributed by atoms with Crippen molar-refractivity contribution in [1.29, 1.82) is 0 Å². The Morgan fingerprint density at radius 3 is 2.11 bits per heavy atom. The highest BCUT2D eigenvalue weighted by Gasteiger charge is 2.50. The number of rotatable bonds is 9. The number of amides is 2. The first-order valence-electron chi connectivity index (χ1n) is 14.7. The quantitative estimate of drug-likeness (QED) is 0.225. The van der Waals surface area contributed by atoms with E-state index in [-0.39, 0.29) is 17.8 Å². The number of piperidine rings is 1. The first kappa shape index (κ1) is 34.1. The second-order valence-electron chi connectivity index (χ2n) is 11.9. The van der Waals surface area contributed by atoms with Crippen LogP contribution in [0.25, 0.3) is 0 Å². The molecule has 0 unspecified atom stereocenters. The maximum Gasteiger partial charge on any atom is 0.336 e. The average molecular weight is 640 g/mol. The molecule has 1 fully saturated rings. The van der Waals surface area contributed by atoms with Crippen molar-refractivity contribution in [2.24, 2.45) is 0 Å². The second-order valence-corrected chi connectivity index (χ2v) is 11.9. The van der Waals surface area contributed by atoms with E-state index in [2.05, 4.69) is 4.90 Å². The number of likely N-dealkylation sites (tertiary alicyclic amines) is 1. The van der Waals surface area contributed by atoms with Gasteiger partial charge in [-0.1, -0.05) is 36.4 Å². The summed E-state index contributed by atoms with van der Waals surface area (Å²) in [6.07, 6.45) is -0.0355. The highest BCUT2D eigenvalue weighted by molar-refractivity contribution is 6.03. The van der Waals surface area contributed by atoms with Crippen molar-refractivity contribution in [2.75, 3.05) is 38.6 Å². The molecule has 3 aliphatic rings. The standard InChI is InChI=1S/C26H29N3O4.C6H8O7/c1-27(2)24(31)21-17-18-7-3-5-9-20(18)29(21)23(30)11-14-28-15-12-26(13-16-28)19-8-4-6-10-22(19)33-25(26)32;7-3(8)1-6(13,5(11)12)2-4(9)10/h3-10,21H,11-17H2,1-2H3;13H,1-2H2,(H,7,8)(H,9,10)(H,11,12)/t21-;/m0./s1. The average Bonchev–Trinajstić information content (AvgIpc) is 3.51. The maximum absolute atomic E-state index is 13.3. The monoisotopic (exact) mass is 639 g/mol. The molecule has 3 heterocycles. The molecule has 5 rings (SSSR count). The summed E-state index contributed by atoms with van der Waals surface area (Å²) in [5, 5.41) is 33.8. The minimum Gasteiger partial charge on any atom is -0.481 e. The number of para-hydroxylation sites is 2. The van der Waals surface area contributed by atoms with Gasteiger partial charge in [0.15, 0.2) is 5.60 Å². The lowest BCUT2D eigenvalue weighted by molar-refractivity contribution is -0.170. The van der Waals surface area contributed by atoms with Crippen LogP contribution in [0.15, 0.2) is 48.5 Å². The molecule has 14 heteroatoms. The molecule has 0 bridgehead atoms. The van der Waals surface area contributed by atoms with Gasteiger partial charge in [-0.2, -0.15) is 0 Å². The van der Waals surface area contributed by atoms with E-state index >= 15 is 0 Å². The maximum atomic E-state index is 13.3. The number of fused-ring (bicyclic) bond motifs is 3. The summed E-state index contributed by atoms with van der Waals surface area (Å²) >= 11 is 0. The summed E-state index contributed by atoms with van der Waals surface area (Å²) in [4.78, 5) is 74.8. The first-order chi connectivity index (χ1) is 21.7. The number of carboxylic acids is 3. The molecule has 4 N–H and O–H groups in total. The molecule has 46 heavy (non-hydrogen) atoms. The molecule has 1 saturated heterocycles. The Morgan fingerprint density at radius 2 is 1.52 bits per heavy atom. The van der Waals surface area contributed by atoms with E-state index in [0.29, 0.717) is 38.0 Å². The minimum atomic E-state index is -2.74. The number of hydrogen-bond acceptors (Lipinski definition) is 9. The van der Waals surface area contributed by atoms with Gasteiger partial charge in [-0.25, -0.2) is 4.79 Å². The van der Waals surface area contributed by atoms with E-state index < -0.39 is 47.8 Å². The number of esters is 1. The van der Waals surface area contributed by atoms with Crippen LogP contribution in [-0.2, 0) is 40.6 Å². The third kappa shape index (κ3) is 7.02. The number of benzene rings is 2. The first-order valence-corrected chi connectivity index (χ1v) is 14.7. The van der Waals surface area contributed by atoms with Crippen LogP contribution in [0.2, 0.25) is 0 Å². The van der Waals surface area contributed by atoms with Gasteiger partial charge < -0.3 is 35.0 Å². The van der Waals surface area contributed by atoms with Gasteiger partial charge in [0.05, 0.1) is 18.3 Å². The zero-order valence-corrected chi connectivity index (χ0v) is 25.5. The smallest absolute Gasteiger partial charge is 0.336 e. The fourth-order valence-corrected chi connectivity index (χ4v) is 6.17. The number of carbonyl (C=O) groups excluding carboxylic acids is 3. The number of anilines is 1. The van der Waals surface area contributed by atoms with Crippen LogP contribution >= 0.6 is 0 Å². The lowest BCUT2D eigenvalue weighted by Gasteiger charge is -2.37. The summed E-state index contributed by atoms with van der Waals surface area (Å²) in [5.41, 5.74) is -0.439. The Balaban J connectivity index is 0.000000315. The van der Waals surface area contributed by atoms with Gasteiger partial charge in [0, 0.05) is 44.7 Å². The van der Waals surface area contributed by atoms with E-state index in [1.807, 2.05) is 48.5 Å². The number of aliphatic carboxylic acids is 3. The molecule has 246 valence electrons. The lowest BCUT2D eigenvalue weighted by Crippen LogP contribution is -2.49. The molecule has 1 atom stereocenters. The van der Waals surface area contributed by atoms with E-state index in [1.165, 1.54) is 0 Å². The Hall–Kier alpha value is -4.82. The van der Waals surface area contributed by atoms with Gasteiger partial charge >= 0.3 is 23.9 Å². The Morgan fingerprint density at radius 1 is 0.935 bits per heavy atom. The molecule has 0 radical (unpaired) electrons. The third-order valence-electron chi connectivity index (χ3n) is 8.60. The van der Waals surface area contributed by atoms with Crippen LogP contribution < -0.4 is 9.64 Å². The summed E-state index contributed by atoms with van der Waals surface area (Å²) in [6, 6.07) is 15.0. The lowest BCUT2D eigenvalue weighted by atomic mass is 9.74. The molecule has 2 aromatic carbocycles. The predicted molar refractivity (Wildman–Crippen MR) is 161 cm³/mol. The number of carbonyl (C=O) groups is 6. The molecular weight excluding hydrogens is 602 g/mol. The number of likely N-dealkylation sites (N-methyl/N-ethyl adjacent to an activating group) is 1. The summed E-state index contributed by atoms with van der Waals surface area (Å²) in [5.74, 6) is -4.59. The number of nitrogens with zero attached hydrogens (tertiary/aromatic N) is 3. The van der Waals surface area contributed by atoms with Crippen LogP contribution in [0, 0.1) is 0 Å². The van der Waals surface area contributed by atoms with Gasteiger partial charge in [-0.15, -0.1) is 0 Å². The molecular formula is C32H37N3O11. The third-order valence-corrected chi connectivity index (χ3v) is 8.60. The minimum absolute atomic E-state index is 0.0361. The normalized spacial score (nSPS) is 18.1. The number of hydrogen-bond donors (Lipinski definition) is 4. The van der Waals surface area contributed by atoms with Crippen LogP contribution in [-0.4, -0.2) is 111 Å². The predicted octanol–water partition coefficient (Wildman–Crippen LogP) is 1.13. The van der Waals surface area contributed by atoms with Gasteiger partial charge in [0.1, 0.15) is 11.8 Å². The van der Waals surface area contributed by atoms with E-state index in [0.717, 1.165) is 29.9 Å². The largest absolute Gasteiger partial charge is 0.481 e. The number of ether oxygens (including phenoxy) is 1. The second kappa shape index (κ2) is 13.7. The van der Waals surface area contributed by atoms with Crippen LogP contribution in [0.4, 0.5) is 5.69 Å². The highest BCUT2D eigenvalue weighted by atomic mass is 16.5. The summed E-state index contributed by atoms with van der Waals surface area (Å²) in [6.45, 7) is 2.06. The van der Waals surface area contributed by atoms with Crippen molar-refractivity contribution >= 4 is 41.4 Å². The zero-order chi connectivity index (χ0) is 33.8. The van der Waals surface area contributed by atoms with Gasteiger partial charge in [-0.05, 0) is 43.6 Å². The molecule has 2 aromatic rings.